The van der Waals surface area contributed by atoms with Gasteiger partial charge in [0.05, 0.1) is 35.9 Å². The molecule has 24 heavy (non-hydrogen) atoms. The van der Waals surface area contributed by atoms with Gasteiger partial charge < -0.3 is 15.0 Å². The first kappa shape index (κ1) is 16.5. The van der Waals surface area contributed by atoms with Gasteiger partial charge >= 0.3 is 0 Å². The van der Waals surface area contributed by atoms with Crippen molar-refractivity contribution in [1.29, 1.82) is 0 Å². The molecule has 2 heterocycles. The van der Waals surface area contributed by atoms with Crippen LogP contribution >= 0.6 is 11.6 Å². The van der Waals surface area contributed by atoms with E-state index >= 15 is 0 Å². The van der Waals surface area contributed by atoms with E-state index in [2.05, 4.69) is 15.4 Å². The van der Waals surface area contributed by atoms with Gasteiger partial charge in [-0.05, 0) is 32.0 Å². The molecule has 0 amide bonds. The molecule has 0 saturated heterocycles. The van der Waals surface area contributed by atoms with E-state index in [0.717, 1.165) is 28.3 Å². The highest BCUT2D eigenvalue weighted by Crippen LogP contribution is 2.25. The first-order valence-electron chi connectivity index (χ1n) is 7.75. The zero-order valence-corrected chi connectivity index (χ0v) is 14.5. The van der Waals surface area contributed by atoms with Gasteiger partial charge in [-0.2, -0.15) is 5.10 Å². The topological polar surface area (TPSA) is 67.9 Å². The number of aliphatic hydroxyl groups excluding tert-OH is 1. The van der Waals surface area contributed by atoms with Crippen LogP contribution in [0.3, 0.4) is 0 Å². The second kappa shape index (κ2) is 7.07. The van der Waals surface area contributed by atoms with Crippen LogP contribution in [-0.4, -0.2) is 31.0 Å². The molecule has 0 aliphatic rings. The van der Waals surface area contributed by atoms with E-state index in [0.29, 0.717) is 18.1 Å². The summed E-state index contributed by atoms with van der Waals surface area (Å²) in [5.41, 5.74) is 5.00. The number of aliphatic hydroxyl groups is 1. The Kier molecular flexibility index (Phi) is 4.87. The Morgan fingerprint density at radius 1 is 1.29 bits per heavy atom. The normalized spacial score (nSPS) is 11.0. The van der Waals surface area contributed by atoms with Gasteiger partial charge in [0.2, 0.25) is 0 Å². The molecule has 0 radical (unpaired) electrons. The number of benzene rings is 1. The number of aryl methyl sites for hydroxylation is 1. The van der Waals surface area contributed by atoms with Crippen molar-refractivity contribution >= 4 is 17.3 Å². The van der Waals surface area contributed by atoms with Crippen molar-refractivity contribution in [3.63, 3.8) is 0 Å². The number of hydrogen-bond donors (Lipinski definition) is 2. The summed E-state index contributed by atoms with van der Waals surface area (Å²) in [7, 11) is 0. The number of imidazole rings is 1. The molecule has 0 saturated carbocycles. The van der Waals surface area contributed by atoms with Gasteiger partial charge in [0.1, 0.15) is 0 Å². The molecule has 7 heteroatoms. The number of halogens is 1. The number of anilines is 1. The predicted octanol–water partition coefficient (Wildman–Crippen LogP) is 2.94. The van der Waals surface area contributed by atoms with Crippen LogP contribution in [0.4, 0.5) is 5.69 Å². The highest BCUT2D eigenvalue weighted by atomic mass is 35.5. The molecule has 2 aromatic heterocycles. The van der Waals surface area contributed by atoms with Gasteiger partial charge in [-0.15, -0.1) is 0 Å². The summed E-state index contributed by atoms with van der Waals surface area (Å²) in [5.74, 6) is 0. The standard InChI is InChI=1S/C17H20ClN5O/c1-12-15(13(2)23(21-12)7-8-24)10-20-14-3-4-17(16(18)9-14)22-6-5-19-11-22/h3-6,9,11,20,24H,7-8,10H2,1-2H3. The lowest BCUT2D eigenvalue weighted by molar-refractivity contribution is 0.268. The van der Waals surface area contributed by atoms with Gasteiger partial charge in [-0.3, -0.25) is 4.68 Å². The Labute approximate surface area is 145 Å². The van der Waals surface area contributed by atoms with E-state index in [1.807, 2.05) is 47.5 Å². The van der Waals surface area contributed by atoms with Crippen LogP contribution in [0.25, 0.3) is 5.69 Å². The third-order valence-electron chi connectivity index (χ3n) is 4.04. The zero-order valence-electron chi connectivity index (χ0n) is 13.7. The summed E-state index contributed by atoms with van der Waals surface area (Å²) in [6.45, 7) is 5.25. The molecule has 126 valence electrons. The van der Waals surface area contributed by atoms with Gasteiger partial charge in [0.25, 0.3) is 0 Å². The molecule has 0 aliphatic carbocycles. The molecule has 1 aromatic carbocycles. The van der Waals surface area contributed by atoms with Crippen molar-refractivity contribution < 1.29 is 5.11 Å². The third-order valence-corrected chi connectivity index (χ3v) is 4.35. The Hall–Kier alpha value is -2.31. The molecule has 3 rings (SSSR count). The molecule has 0 aliphatic heterocycles. The second-order valence-electron chi connectivity index (χ2n) is 5.59. The maximum absolute atomic E-state index is 9.09. The van der Waals surface area contributed by atoms with Crippen molar-refractivity contribution in [3.8, 4) is 5.69 Å². The first-order valence-corrected chi connectivity index (χ1v) is 8.13. The average molecular weight is 346 g/mol. The fraction of sp³-hybridized carbons (Fsp3) is 0.294. The van der Waals surface area contributed by atoms with E-state index in [9.17, 15) is 0 Å². The van der Waals surface area contributed by atoms with E-state index in [4.69, 9.17) is 16.7 Å². The molecule has 0 spiro atoms. The fourth-order valence-electron chi connectivity index (χ4n) is 2.72. The van der Waals surface area contributed by atoms with Crippen LogP contribution in [0.2, 0.25) is 5.02 Å². The molecule has 3 aromatic rings. The number of hydrogen-bond acceptors (Lipinski definition) is 4. The van der Waals surface area contributed by atoms with Crippen LogP contribution < -0.4 is 5.32 Å². The lowest BCUT2D eigenvalue weighted by Gasteiger charge is -2.10. The molecule has 0 fully saturated rings. The lowest BCUT2D eigenvalue weighted by Crippen LogP contribution is -2.07. The molecule has 6 nitrogen and oxygen atoms in total. The van der Waals surface area contributed by atoms with Crippen LogP contribution in [0, 0.1) is 13.8 Å². The minimum Gasteiger partial charge on any atom is -0.394 e. The van der Waals surface area contributed by atoms with E-state index in [-0.39, 0.29) is 6.61 Å². The van der Waals surface area contributed by atoms with Crippen molar-refractivity contribution in [2.75, 3.05) is 11.9 Å². The third kappa shape index (κ3) is 3.29. The van der Waals surface area contributed by atoms with E-state index in [1.165, 1.54) is 0 Å². The van der Waals surface area contributed by atoms with Crippen molar-refractivity contribution in [2.45, 2.75) is 26.9 Å². The Balaban J connectivity index is 1.75. The van der Waals surface area contributed by atoms with Gasteiger partial charge in [0, 0.05) is 35.9 Å². The Bertz CT molecular complexity index is 826. The summed E-state index contributed by atoms with van der Waals surface area (Å²) in [5, 5.41) is 17.6. The SMILES string of the molecule is Cc1nn(CCO)c(C)c1CNc1ccc(-n2ccnc2)c(Cl)c1. The Morgan fingerprint density at radius 2 is 2.12 bits per heavy atom. The second-order valence-corrected chi connectivity index (χ2v) is 5.99. The summed E-state index contributed by atoms with van der Waals surface area (Å²) in [4.78, 5) is 4.04. The lowest BCUT2D eigenvalue weighted by atomic mass is 10.2. The van der Waals surface area contributed by atoms with Gasteiger partial charge in [-0.25, -0.2) is 4.98 Å². The van der Waals surface area contributed by atoms with Crippen LogP contribution in [0.15, 0.2) is 36.9 Å². The highest BCUT2D eigenvalue weighted by Gasteiger charge is 2.11. The van der Waals surface area contributed by atoms with Crippen molar-refractivity contribution in [2.24, 2.45) is 0 Å². The molecule has 2 N–H and O–H groups in total. The monoisotopic (exact) mass is 345 g/mol. The molecule has 0 atom stereocenters. The minimum atomic E-state index is 0.0835. The van der Waals surface area contributed by atoms with Crippen LogP contribution in [-0.2, 0) is 13.1 Å². The summed E-state index contributed by atoms with van der Waals surface area (Å²) in [6.07, 6.45) is 5.30. The van der Waals surface area contributed by atoms with Crippen molar-refractivity contribution in [1.82, 2.24) is 19.3 Å². The van der Waals surface area contributed by atoms with Gasteiger partial charge in [0.15, 0.2) is 0 Å². The maximum Gasteiger partial charge on any atom is 0.0992 e. The average Bonchev–Trinajstić information content (AvgIpc) is 3.16. The van der Waals surface area contributed by atoms with Crippen LogP contribution in [0.5, 0.6) is 0 Å². The first-order chi connectivity index (χ1) is 11.6. The molecule has 0 bridgehead atoms. The quantitative estimate of drug-likeness (QED) is 0.720. The smallest absolute Gasteiger partial charge is 0.0992 e. The minimum absolute atomic E-state index is 0.0835. The maximum atomic E-state index is 9.09. The van der Waals surface area contributed by atoms with Crippen molar-refractivity contribution in [3.05, 3.63) is 58.9 Å². The number of nitrogens with one attached hydrogen (secondary N) is 1. The zero-order chi connectivity index (χ0) is 17.1. The summed E-state index contributed by atoms with van der Waals surface area (Å²) in [6, 6.07) is 5.85. The predicted molar refractivity (Wildman–Crippen MR) is 94.7 cm³/mol. The van der Waals surface area contributed by atoms with E-state index < -0.39 is 0 Å². The highest BCUT2D eigenvalue weighted by molar-refractivity contribution is 6.32. The molecular formula is C17H20ClN5O. The number of rotatable bonds is 6. The summed E-state index contributed by atoms with van der Waals surface area (Å²) < 4.78 is 3.71. The largest absolute Gasteiger partial charge is 0.394 e. The van der Waals surface area contributed by atoms with Gasteiger partial charge in [-0.1, -0.05) is 11.6 Å². The Morgan fingerprint density at radius 3 is 2.79 bits per heavy atom. The number of nitrogens with zero attached hydrogens (tertiary/aromatic N) is 4. The molecular weight excluding hydrogens is 326 g/mol. The summed E-state index contributed by atoms with van der Waals surface area (Å²) >= 11 is 6.38. The van der Waals surface area contributed by atoms with Crippen LogP contribution in [0.1, 0.15) is 17.0 Å². The van der Waals surface area contributed by atoms with E-state index in [1.54, 1.807) is 12.5 Å². The fourth-order valence-corrected chi connectivity index (χ4v) is 3.00. The number of aromatic nitrogens is 4. The molecule has 0 unspecified atom stereocenters.